The number of hydrogen-bond acceptors (Lipinski definition) is 3. The number of aromatic nitrogens is 2. The van der Waals surface area contributed by atoms with Gasteiger partial charge in [-0.1, -0.05) is 6.92 Å². The number of likely N-dealkylation sites (N-methyl/N-ethyl adjacent to an activating group) is 1. The van der Waals surface area contributed by atoms with E-state index in [1.54, 1.807) is 0 Å². The molecule has 0 saturated carbocycles. The van der Waals surface area contributed by atoms with Crippen molar-refractivity contribution in [2.75, 3.05) is 20.1 Å². The van der Waals surface area contributed by atoms with Crippen LogP contribution < -0.4 is 5.32 Å². The Morgan fingerprint density at radius 3 is 2.84 bits per heavy atom. The van der Waals surface area contributed by atoms with Gasteiger partial charge in [0.25, 0.3) is 0 Å². The molecule has 0 bridgehead atoms. The highest BCUT2D eigenvalue weighted by Crippen LogP contribution is 2.19. The summed E-state index contributed by atoms with van der Waals surface area (Å²) in [5, 5.41) is 8.09. The minimum Gasteiger partial charge on any atom is -0.316 e. The first-order valence-corrected chi connectivity index (χ1v) is 7.58. The summed E-state index contributed by atoms with van der Waals surface area (Å²) in [6, 6.07) is 0.653. The van der Waals surface area contributed by atoms with Crippen molar-refractivity contribution >= 4 is 0 Å². The van der Waals surface area contributed by atoms with Crippen LogP contribution in [0.2, 0.25) is 0 Å². The lowest BCUT2D eigenvalue weighted by Crippen LogP contribution is -2.44. The maximum Gasteiger partial charge on any atom is 0.0641 e. The van der Waals surface area contributed by atoms with Crippen molar-refractivity contribution in [1.29, 1.82) is 0 Å². The van der Waals surface area contributed by atoms with E-state index >= 15 is 0 Å². The Labute approximate surface area is 117 Å². The van der Waals surface area contributed by atoms with Gasteiger partial charge in [0.2, 0.25) is 0 Å². The predicted molar refractivity (Wildman–Crippen MR) is 79.4 cm³/mol. The van der Waals surface area contributed by atoms with Crippen LogP contribution in [0.15, 0.2) is 0 Å². The van der Waals surface area contributed by atoms with Crippen molar-refractivity contribution in [3.05, 3.63) is 17.0 Å². The molecule has 19 heavy (non-hydrogen) atoms. The molecule has 0 spiro atoms. The number of likely N-dealkylation sites (tertiary alicyclic amines) is 1. The van der Waals surface area contributed by atoms with E-state index in [2.05, 4.69) is 47.8 Å². The number of nitrogens with one attached hydrogen (secondary N) is 1. The summed E-state index contributed by atoms with van der Waals surface area (Å²) in [4.78, 5) is 2.57. The third-order valence-electron chi connectivity index (χ3n) is 4.26. The van der Waals surface area contributed by atoms with E-state index in [0.717, 1.165) is 26.1 Å². The van der Waals surface area contributed by atoms with Gasteiger partial charge in [-0.15, -0.1) is 0 Å². The zero-order chi connectivity index (χ0) is 13.8. The summed E-state index contributed by atoms with van der Waals surface area (Å²) in [7, 11) is 2.07. The van der Waals surface area contributed by atoms with Crippen LogP contribution >= 0.6 is 0 Å². The first-order valence-electron chi connectivity index (χ1n) is 7.58. The average Bonchev–Trinajstić information content (AvgIpc) is 2.67. The van der Waals surface area contributed by atoms with E-state index in [-0.39, 0.29) is 0 Å². The van der Waals surface area contributed by atoms with Crippen molar-refractivity contribution in [2.45, 2.75) is 59.2 Å². The van der Waals surface area contributed by atoms with Crippen LogP contribution in [0, 0.1) is 13.8 Å². The minimum atomic E-state index is 0.653. The fourth-order valence-electron chi connectivity index (χ4n) is 3.05. The molecule has 1 atom stereocenters. The zero-order valence-electron chi connectivity index (χ0n) is 12.9. The summed E-state index contributed by atoms with van der Waals surface area (Å²) in [5.41, 5.74) is 3.99. The molecular weight excluding hydrogens is 236 g/mol. The molecule has 1 N–H and O–H groups in total. The van der Waals surface area contributed by atoms with Gasteiger partial charge in [0.15, 0.2) is 0 Å². The zero-order valence-corrected chi connectivity index (χ0v) is 12.9. The summed E-state index contributed by atoms with van der Waals surface area (Å²) in [6.45, 7) is 11.0. The van der Waals surface area contributed by atoms with E-state index in [1.807, 2.05) is 0 Å². The number of rotatable bonds is 5. The third kappa shape index (κ3) is 3.37. The van der Waals surface area contributed by atoms with Gasteiger partial charge in [-0.05, 0) is 46.7 Å². The van der Waals surface area contributed by atoms with Gasteiger partial charge < -0.3 is 5.32 Å². The first-order chi connectivity index (χ1) is 9.15. The SMILES string of the molecule is CCCn1nc(C)c(CN2CCCC(NC)C2)c1C. The van der Waals surface area contributed by atoms with Crippen LogP contribution in [0.1, 0.15) is 43.1 Å². The summed E-state index contributed by atoms with van der Waals surface area (Å²) in [6.07, 6.45) is 3.75. The van der Waals surface area contributed by atoms with Crippen molar-refractivity contribution in [3.8, 4) is 0 Å². The highest BCUT2D eigenvalue weighted by molar-refractivity contribution is 5.24. The number of piperidine rings is 1. The van der Waals surface area contributed by atoms with Gasteiger partial charge in [-0.2, -0.15) is 5.10 Å². The lowest BCUT2D eigenvalue weighted by molar-refractivity contribution is 0.187. The van der Waals surface area contributed by atoms with Gasteiger partial charge in [0, 0.05) is 36.9 Å². The molecule has 2 heterocycles. The minimum absolute atomic E-state index is 0.653. The number of hydrogen-bond donors (Lipinski definition) is 1. The van der Waals surface area contributed by atoms with E-state index in [9.17, 15) is 0 Å². The monoisotopic (exact) mass is 264 g/mol. The second-order valence-corrected chi connectivity index (χ2v) is 5.74. The Morgan fingerprint density at radius 2 is 2.16 bits per heavy atom. The molecular formula is C15H28N4. The van der Waals surface area contributed by atoms with Crippen LogP contribution in [0.25, 0.3) is 0 Å². The molecule has 1 aromatic rings. The Kier molecular flexibility index (Phi) is 4.99. The van der Waals surface area contributed by atoms with Crippen LogP contribution in [-0.4, -0.2) is 40.9 Å². The van der Waals surface area contributed by atoms with E-state index in [4.69, 9.17) is 0 Å². The highest BCUT2D eigenvalue weighted by atomic mass is 15.3. The fourth-order valence-corrected chi connectivity index (χ4v) is 3.05. The van der Waals surface area contributed by atoms with Gasteiger partial charge in [0.05, 0.1) is 5.69 Å². The van der Waals surface area contributed by atoms with Crippen molar-refractivity contribution in [3.63, 3.8) is 0 Å². The van der Waals surface area contributed by atoms with Crippen molar-refractivity contribution in [1.82, 2.24) is 20.0 Å². The smallest absolute Gasteiger partial charge is 0.0641 e. The second-order valence-electron chi connectivity index (χ2n) is 5.74. The van der Waals surface area contributed by atoms with Gasteiger partial charge >= 0.3 is 0 Å². The van der Waals surface area contributed by atoms with E-state index in [0.29, 0.717) is 6.04 Å². The molecule has 4 heteroatoms. The molecule has 0 amide bonds. The highest BCUT2D eigenvalue weighted by Gasteiger charge is 2.21. The number of aryl methyl sites for hydroxylation is 2. The number of nitrogens with zero attached hydrogens (tertiary/aromatic N) is 3. The molecule has 1 saturated heterocycles. The van der Waals surface area contributed by atoms with Gasteiger partial charge in [-0.3, -0.25) is 9.58 Å². The maximum atomic E-state index is 4.68. The molecule has 1 unspecified atom stereocenters. The normalized spacial score (nSPS) is 20.9. The van der Waals surface area contributed by atoms with E-state index < -0.39 is 0 Å². The lowest BCUT2D eigenvalue weighted by Gasteiger charge is -2.32. The van der Waals surface area contributed by atoms with Gasteiger partial charge in [-0.25, -0.2) is 0 Å². The summed E-state index contributed by atoms with van der Waals surface area (Å²) < 4.78 is 2.17. The van der Waals surface area contributed by atoms with Crippen LogP contribution in [0.3, 0.4) is 0 Å². The van der Waals surface area contributed by atoms with Crippen LogP contribution in [-0.2, 0) is 13.1 Å². The molecule has 2 rings (SSSR count). The molecule has 4 nitrogen and oxygen atoms in total. The molecule has 0 aromatic carbocycles. The summed E-state index contributed by atoms with van der Waals surface area (Å²) in [5.74, 6) is 0. The topological polar surface area (TPSA) is 33.1 Å². The first kappa shape index (κ1) is 14.5. The Hall–Kier alpha value is -0.870. The standard InChI is InChI=1S/C15H28N4/c1-5-8-19-13(3)15(12(2)17-19)11-18-9-6-7-14(10-18)16-4/h14,16H,5-11H2,1-4H3. The maximum absolute atomic E-state index is 4.68. The third-order valence-corrected chi connectivity index (χ3v) is 4.26. The van der Waals surface area contributed by atoms with Crippen molar-refractivity contribution in [2.24, 2.45) is 0 Å². The average molecular weight is 264 g/mol. The van der Waals surface area contributed by atoms with E-state index in [1.165, 1.54) is 36.3 Å². The second kappa shape index (κ2) is 6.53. The predicted octanol–water partition coefficient (Wildman–Crippen LogP) is 2.09. The van der Waals surface area contributed by atoms with Crippen LogP contribution in [0.4, 0.5) is 0 Å². The molecule has 1 aliphatic heterocycles. The molecule has 0 aliphatic carbocycles. The Bertz CT molecular complexity index is 411. The molecule has 1 fully saturated rings. The van der Waals surface area contributed by atoms with Gasteiger partial charge in [0.1, 0.15) is 0 Å². The summed E-state index contributed by atoms with van der Waals surface area (Å²) >= 11 is 0. The Morgan fingerprint density at radius 1 is 1.37 bits per heavy atom. The molecule has 1 aliphatic rings. The van der Waals surface area contributed by atoms with Crippen LogP contribution in [0.5, 0.6) is 0 Å². The lowest BCUT2D eigenvalue weighted by atomic mass is 10.0. The largest absolute Gasteiger partial charge is 0.316 e. The molecule has 1 aromatic heterocycles. The van der Waals surface area contributed by atoms with Crippen molar-refractivity contribution < 1.29 is 0 Å². The quantitative estimate of drug-likeness (QED) is 0.884. The molecule has 108 valence electrons. The molecule has 0 radical (unpaired) electrons. The Balaban J connectivity index is 2.06. The fraction of sp³-hybridized carbons (Fsp3) is 0.800.